The topological polar surface area (TPSA) is 46.9 Å². The Labute approximate surface area is 149 Å². The average Bonchev–Trinajstić information content (AvgIpc) is 2.76. The first kappa shape index (κ1) is 16.4. The second-order valence-electron chi connectivity index (χ2n) is 8.59. The number of hydrogen-bond donors (Lipinski definition) is 1. The van der Waals surface area contributed by atoms with Crippen LogP contribution in [0.5, 0.6) is 0 Å². The van der Waals surface area contributed by atoms with Crippen molar-refractivity contribution in [2.75, 3.05) is 0 Å². The summed E-state index contributed by atoms with van der Waals surface area (Å²) < 4.78 is 1.61. The van der Waals surface area contributed by atoms with E-state index in [1.54, 1.807) is 11.7 Å². The van der Waals surface area contributed by atoms with Gasteiger partial charge in [0.1, 0.15) is 5.69 Å². The standard InChI is InChI=1S/C19H28ClN3O/c1-4-15(21-18(24)17-16(20)11(2)22-23(17)3)19-8-12-5-13(9-19)7-14(6-12)10-19/h12-15H,4-10H2,1-3H3,(H,21,24). The van der Waals surface area contributed by atoms with Crippen molar-refractivity contribution in [1.29, 1.82) is 0 Å². The Morgan fingerprint density at radius 1 is 1.29 bits per heavy atom. The molecule has 4 bridgehead atoms. The van der Waals surface area contributed by atoms with E-state index in [4.69, 9.17) is 11.6 Å². The summed E-state index contributed by atoms with van der Waals surface area (Å²) in [5.74, 6) is 2.62. The van der Waals surface area contributed by atoms with Crippen LogP contribution in [0.2, 0.25) is 5.02 Å². The monoisotopic (exact) mass is 349 g/mol. The molecule has 1 N–H and O–H groups in total. The van der Waals surface area contributed by atoms with Gasteiger partial charge in [-0.25, -0.2) is 0 Å². The second-order valence-corrected chi connectivity index (χ2v) is 8.96. The van der Waals surface area contributed by atoms with E-state index in [-0.39, 0.29) is 11.9 Å². The number of rotatable bonds is 4. The van der Waals surface area contributed by atoms with Crippen molar-refractivity contribution in [3.8, 4) is 0 Å². The summed E-state index contributed by atoms with van der Waals surface area (Å²) >= 11 is 6.31. The van der Waals surface area contributed by atoms with Gasteiger partial charge < -0.3 is 5.32 Å². The van der Waals surface area contributed by atoms with Crippen LogP contribution in [-0.2, 0) is 7.05 Å². The van der Waals surface area contributed by atoms with E-state index in [0.29, 0.717) is 21.8 Å². The van der Waals surface area contributed by atoms with Gasteiger partial charge in [0, 0.05) is 13.1 Å². The van der Waals surface area contributed by atoms with Crippen LogP contribution in [0.4, 0.5) is 0 Å². The van der Waals surface area contributed by atoms with E-state index in [0.717, 1.165) is 24.2 Å². The first-order valence-corrected chi connectivity index (χ1v) is 9.79. The molecule has 0 aliphatic heterocycles. The van der Waals surface area contributed by atoms with E-state index in [1.807, 2.05) is 6.92 Å². The van der Waals surface area contributed by atoms with Gasteiger partial charge in [0.25, 0.3) is 5.91 Å². The Morgan fingerprint density at radius 2 is 1.83 bits per heavy atom. The highest BCUT2D eigenvalue weighted by molar-refractivity contribution is 6.34. The molecule has 5 rings (SSSR count). The third-order valence-electron chi connectivity index (χ3n) is 6.90. The third-order valence-corrected chi connectivity index (χ3v) is 7.36. The van der Waals surface area contributed by atoms with E-state index >= 15 is 0 Å². The van der Waals surface area contributed by atoms with Crippen LogP contribution in [0.25, 0.3) is 0 Å². The van der Waals surface area contributed by atoms with Crippen LogP contribution in [-0.4, -0.2) is 21.7 Å². The number of nitrogens with one attached hydrogen (secondary N) is 1. The summed E-state index contributed by atoms with van der Waals surface area (Å²) in [5.41, 5.74) is 1.53. The summed E-state index contributed by atoms with van der Waals surface area (Å²) in [6.07, 6.45) is 9.18. The quantitative estimate of drug-likeness (QED) is 0.889. The molecule has 0 radical (unpaired) electrons. The highest BCUT2D eigenvalue weighted by Crippen LogP contribution is 2.61. The summed E-state index contributed by atoms with van der Waals surface area (Å²) in [6, 6.07) is 0.254. The summed E-state index contributed by atoms with van der Waals surface area (Å²) in [5, 5.41) is 8.11. The van der Waals surface area contributed by atoms with Gasteiger partial charge in [-0.3, -0.25) is 9.48 Å². The maximum atomic E-state index is 12.9. The molecule has 1 heterocycles. The number of halogens is 1. The van der Waals surface area contributed by atoms with Gasteiger partial charge in [-0.05, 0) is 75.0 Å². The molecule has 4 nitrogen and oxygen atoms in total. The molecule has 0 aromatic carbocycles. The van der Waals surface area contributed by atoms with Crippen LogP contribution in [0.15, 0.2) is 0 Å². The molecule has 0 saturated heterocycles. The Hall–Kier alpha value is -1.03. The van der Waals surface area contributed by atoms with E-state index in [9.17, 15) is 4.79 Å². The zero-order valence-corrected chi connectivity index (χ0v) is 15.7. The van der Waals surface area contributed by atoms with Gasteiger partial charge in [0.05, 0.1) is 10.7 Å². The van der Waals surface area contributed by atoms with Gasteiger partial charge in [-0.15, -0.1) is 0 Å². The molecule has 4 aliphatic rings. The van der Waals surface area contributed by atoms with Crippen LogP contribution in [0.3, 0.4) is 0 Å². The van der Waals surface area contributed by atoms with E-state index < -0.39 is 0 Å². The van der Waals surface area contributed by atoms with Crippen molar-refractivity contribution < 1.29 is 4.79 Å². The summed E-state index contributed by atoms with van der Waals surface area (Å²) in [7, 11) is 1.79. The molecule has 132 valence electrons. The minimum atomic E-state index is -0.0642. The van der Waals surface area contributed by atoms with Gasteiger partial charge in [-0.1, -0.05) is 18.5 Å². The van der Waals surface area contributed by atoms with Crippen molar-refractivity contribution in [1.82, 2.24) is 15.1 Å². The van der Waals surface area contributed by atoms with E-state index in [2.05, 4.69) is 17.3 Å². The predicted molar refractivity (Wildman–Crippen MR) is 95.1 cm³/mol. The first-order chi connectivity index (χ1) is 11.4. The molecule has 1 aromatic rings. The van der Waals surface area contributed by atoms with Crippen molar-refractivity contribution in [2.24, 2.45) is 30.2 Å². The smallest absolute Gasteiger partial charge is 0.271 e. The lowest BCUT2D eigenvalue weighted by atomic mass is 9.47. The number of nitrogens with zero attached hydrogens (tertiary/aromatic N) is 2. The molecule has 0 spiro atoms. The summed E-state index contributed by atoms with van der Waals surface area (Å²) in [4.78, 5) is 12.9. The lowest BCUT2D eigenvalue weighted by Gasteiger charge is -2.59. The fraction of sp³-hybridized carbons (Fsp3) is 0.789. The number of aromatic nitrogens is 2. The maximum absolute atomic E-state index is 12.9. The van der Waals surface area contributed by atoms with Crippen LogP contribution in [0, 0.1) is 30.1 Å². The zero-order valence-electron chi connectivity index (χ0n) is 14.9. The SMILES string of the molecule is CCC(NC(=O)c1c(Cl)c(C)nn1C)C12CC3CC(CC(C3)C1)C2. The van der Waals surface area contributed by atoms with Crippen molar-refractivity contribution in [2.45, 2.75) is 64.8 Å². The second kappa shape index (κ2) is 5.76. The van der Waals surface area contributed by atoms with E-state index in [1.165, 1.54) is 38.5 Å². The Kier molecular flexibility index (Phi) is 3.94. The highest BCUT2D eigenvalue weighted by Gasteiger charge is 2.54. The molecule has 5 heteroatoms. The lowest BCUT2D eigenvalue weighted by Crippen LogP contribution is -2.56. The molecule has 1 atom stereocenters. The fourth-order valence-electron chi connectivity index (χ4n) is 6.40. The minimum absolute atomic E-state index is 0.0642. The normalized spacial score (nSPS) is 35.2. The summed E-state index contributed by atoms with van der Waals surface area (Å²) in [6.45, 7) is 4.05. The third kappa shape index (κ3) is 2.49. The lowest BCUT2D eigenvalue weighted by molar-refractivity contribution is -0.0727. The van der Waals surface area contributed by atoms with Crippen molar-refractivity contribution in [3.05, 3.63) is 16.4 Å². The molecule has 4 fully saturated rings. The molecular formula is C19H28ClN3O. The first-order valence-electron chi connectivity index (χ1n) is 9.42. The largest absolute Gasteiger partial charge is 0.347 e. The number of amides is 1. The van der Waals surface area contributed by atoms with Gasteiger partial charge >= 0.3 is 0 Å². The number of carbonyl (C=O) groups excluding carboxylic acids is 1. The molecule has 4 aliphatic carbocycles. The molecule has 24 heavy (non-hydrogen) atoms. The number of aryl methyl sites for hydroxylation is 2. The molecule has 4 saturated carbocycles. The van der Waals surface area contributed by atoms with Crippen LogP contribution >= 0.6 is 11.6 Å². The minimum Gasteiger partial charge on any atom is -0.347 e. The average molecular weight is 350 g/mol. The Balaban J connectivity index is 1.57. The molecule has 1 unspecified atom stereocenters. The van der Waals surface area contributed by atoms with Crippen LogP contribution in [0.1, 0.15) is 68.1 Å². The predicted octanol–water partition coefficient (Wildman–Crippen LogP) is 4.11. The Bertz CT molecular complexity index is 631. The zero-order chi connectivity index (χ0) is 17.1. The van der Waals surface area contributed by atoms with Crippen molar-refractivity contribution in [3.63, 3.8) is 0 Å². The van der Waals surface area contributed by atoms with Crippen LogP contribution < -0.4 is 5.32 Å². The van der Waals surface area contributed by atoms with Crippen molar-refractivity contribution >= 4 is 17.5 Å². The molecule has 1 aromatic heterocycles. The number of carbonyl (C=O) groups is 1. The van der Waals surface area contributed by atoms with Gasteiger partial charge in [-0.2, -0.15) is 5.10 Å². The highest BCUT2D eigenvalue weighted by atomic mass is 35.5. The number of hydrogen-bond acceptors (Lipinski definition) is 2. The Morgan fingerprint density at radius 3 is 2.25 bits per heavy atom. The molecule has 1 amide bonds. The molecular weight excluding hydrogens is 322 g/mol. The fourth-order valence-corrected chi connectivity index (χ4v) is 6.64. The van der Waals surface area contributed by atoms with Gasteiger partial charge in [0.2, 0.25) is 0 Å². The van der Waals surface area contributed by atoms with Gasteiger partial charge in [0.15, 0.2) is 0 Å². The maximum Gasteiger partial charge on any atom is 0.271 e.